The molecule has 0 saturated carbocycles. The van der Waals surface area contributed by atoms with E-state index in [0.717, 1.165) is 0 Å². The maximum atomic E-state index is 10.5. The highest BCUT2D eigenvalue weighted by atomic mass is 16.4. The summed E-state index contributed by atoms with van der Waals surface area (Å²) in [5.41, 5.74) is 1.00. The number of aldehydes is 1. The summed E-state index contributed by atoms with van der Waals surface area (Å²) in [4.78, 5) is 20.7. The standard InChI is InChI=1S/C9H9NO3/c11-6-7-3-1-2-4-8(7)10-5-9(12)13/h1-4,6,10H,5H2,(H,12,13). The Balaban J connectivity index is 2.75. The Kier molecular flexibility index (Phi) is 3.03. The van der Waals surface area contributed by atoms with Crippen molar-refractivity contribution in [2.75, 3.05) is 11.9 Å². The first-order chi connectivity index (χ1) is 6.24. The average Bonchev–Trinajstić information content (AvgIpc) is 2.15. The lowest BCUT2D eigenvalue weighted by Crippen LogP contribution is -2.13. The molecule has 0 aromatic heterocycles. The van der Waals surface area contributed by atoms with Crippen LogP contribution in [0.2, 0.25) is 0 Å². The zero-order valence-electron chi connectivity index (χ0n) is 6.86. The fourth-order valence-electron chi connectivity index (χ4n) is 0.932. The molecule has 68 valence electrons. The van der Waals surface area contributed by atoms with Gasteiger partial charge < -0.3 is 10.4 Å². The topological polar surface area (TPSA) is 66.4 Å². The molecule has 4 heteroatoms. The Hall–Kier alpha value is -1.84. The molecule has 0 aliphatic heterocycles. The van der Waals surface area contributed by atoms with Crippen LogP contribution in [0.3, 0.4) is 0 Å². The third-order valence-corrected chi connectivity index (χ3v) is 1.52. The van der Waals surface area contributed by atoms with Crippen LogP contribution in [0.15, 0.2) is 24.3 Å². The van der Waals surface area contributed by atoms with Gasteiger partial charge in [0.15, 0.2) is 6.29 Å². The Morgan fingerprint density at radius 3 is 2.77 bits per heavy atom. The van der Waals surface area contributed by atoms with Gasteiger partial charge in [0.25, 0.3) is 0 Å². The largest absolute Gasteiger partial charge is 0.480 e. The first kappa shape index (κ1) is 9.25. The summed E-state index contributed by atoms with van der Waals surface area (Å²) in [6.45, 7) is -0.190. The molecule has 1 aromatic carbocycles. The molecule has 13 heavy (non-hydrogen) atoms. The third-order valence-electron chi connectivity index (χ3n) is 1.52. The van der Waals surface area contributed by atoms with Gasteiger partial charge in [-0.15, -0.1) is 0 Å². The van der Waals surface area contributed by atoms with E-state index in [4.69, 9.17) is 5.11 Å². The van der Waals surface area contributed by atoms with Crippen LogP contribution in [0.5, 0.6) is 0 Å². The number of hydrogen-bond acceptors (Lipinski definition) is 3. The molecule has 1 rings (SSSR count). The number of hydrogen-bond donors (Lipinski definition) is 2. The van der Waals surface area contributed by atoms with Crippen molar-refractivity contribution in [3.8, 4) is 0 Å². The molecule has 0 fully saturated rings. The lowest BCUT2D eigenvalue weighted by atomic mass is 10.2. The first-order valence-corrected chi connectivity index (χ1v) is 3.74. The Labute approximate surface area is 75.2 Å². The van der Waals surface area contributed by atoms with E-state index in [9.17, 15) is 9.59 Å². The molecule has 0 unspecified atom stereocenters. The minimum absolute atomic E-state index is 0.190. The van der Waals surface area contributed by atoms with Gasteiger partial charge in [-0.1, -0.05) is 12.1 Å². The lowest BCUT2D eigenvalue weighted by Gasteiger charge is -2.04. The predicted molar refractivity (Wildman–Crippen MR) is 48.0 cm³/mol. The number of carbonyl (C=O) groups excluding carboxylic acids is 1. The third kappa shape index (κ3) is 2.59. The van der Waals surface area contributed by atoms with Crippen molar-refractivity contribution in [3.63, 3.8) is 0 Å². The molecule has 2 N–H and O–H groups in total. The van der Waals surface area contributed by atoms with Crippen molar-refractivity contribution in [2.45, 2.75) is 0 Å². The maximum Gasteiger partial charge on any atom is 0.322 e. The van der Waals surface area contributed by atoms with Gasteiger partial charge in [-0.2, -0.15) is 0 Å². The van der Waals surface area contributed by atoms with Crippen LogP contribution in [0, 0.1) is 0 Å². The van der Waals surface area contributed by atoms with Crippen LogP contribution >= 0.6 is 0 Å². The van der Waals surface area contributed by atoms with E-state index in [2.05, 4.69) is 5.32 Å². The summed E-state index contributed by atoms with van der Waals surface area (Å²) in [6, 6.07) is 6.73. The second kappa shape index (κ2) is 4.25. The monoisotopic (exact) mass is 179 g/mol. The lowest BCUT2D eigenvalue weighted by molar-refractivity contribution is -0.134. The van der Waals surface area contributed by atoms with Crippen LogP contribution in [-0.2, 0) is 4.79 Å². The number of para-hydroxylation sites is 1. The van der Waals surface area contributed by atoms with E-state index in [1.165, 1.54) is 0 Å². The molecule has 0 aliphatic carbocycles. The molecule has 0 heterocycles. The van der Waals surface area contributed by atoms with E-state index in [1.807, 2.05) is 0 Å². The smallest absolute Gasteiger partial charge is 0.322 e. The number of carbonyl (C=O) groups is 2. The van der Waals surface area contributed by atoms with Gasteiger partial charge >= 0.3 is 5.97 Å². The van der Waals surface area contributed by atoms with Gasteiger partial charge in [-0.3, -0.25) is 9.59 Å². The van der Waals surface area contributed by atoms with Gasteiger partial charge in [0.2, 0.25) is 0 Å². The van der Waals surface area contributed by atoms with Crippen molar-refractivity contribution in [3.05, 3.63) is 29.8 Å². The van der Waals surface area contributed by atoms with E-state index in [0.29, 0.717) is 17.5 Å². The minimum Gasteiger partial charge on any atom is -0.480 e. The van der Waals surface area contributed by atoms with E-state index in [-0.39, 0.29) is 6.54 Å². The highest BCUT2D eigenvalue weighted by molar-refractivity contribution is 5.85. The van der Waals surface area contributed by atoms with Crippen molar-refractivity contribution < 1.29 is 14.7 Å². The Morgan fingerprint density at radius 1 is 1.46 bits per heavy atom. The zero-order valence-corrected chi connectivity index (χ0v) is 6.86. The summed E-state index contributed by atoms with van der Waals surface area (Å²) in [7, 11) is 0. The van der Waals surface area contributed by atoms with Crippen molar-refractivity contribution >= 4 is 17.9 Å². The second-order valence-electron chi connectivity index (χ2n) is 2.45. The molecule has 0 saturated heterocycles. The SMILES string of the molecule is O=Cc1ccccc1NCC(=O)O. The van der Waals surface area contributed by atoms with Crippen molar-refractivity contribution in [1.82, 2.24) is 0 Å². The molecule has 0 radical (unpaired) electrons. The summed E-state index contributed by atoms with van der Waals surface area (Å²) < 4.78 is 0. The normalized spacial score (nSPS) is 9.23. The molecular weight excluding hydrogens is 170 g/mol. The number of rotatable bonds is 4. The van der Waals surface area contributed by atoms with Crippen LogP contribution < -0.4 is 5.32 Å². The van der Waals surface area contributed by atoms with Crippen LogP contribution in [0.25, 0.3) is 0 Å². The molecule has 0 amide bonds. The van der Waals surface area contributed by atoms with Crippen LogP contribution in [-0.4, -0.2) is 23.9 Å². The van der Waals surface area contributed by atoms with Crippen molar-refractivity contribution in [1.29, 1.82) is 0 Å². The number of carboxylic acid groups (broad SMARTS) is 1. The van der Waals surface area contributed by atoms with Crippen molar-refractivity contribution in [2.24, 2.45) is 0 Å². The fraction of sp³-hybridized carbons (Fsp3) is 0.111. The highest BCUT2D eigenvalue weighted by Gasteiger charge is 2.00. The maximum absolute atomic E-state index is 10.5. The molecule has 1 aromatic rings. The summed E-state index contributed by atoms with van der Waals surface area (Å²) in [5, 5.41) is 11.0. The first-order valence-electron chi connectivity index (χ1n) is 3.74. The van der Waals surface area contributed by atoms with Gasteiger partial charge in [-0.25, -0.2) is 0 Å². The van der Waals surface area contributed by atoms with E-state index in [1.54, 1.807) is 24.3 Å². The zero-order chi connectivity index (χ0) is 9.68. The van der Waals surface area contributed by atoms with E-state index < -0.39 is 5.97 Å². The van der Waals surface area contributed by atoms with Crippen LogP contribution in [0.4, 0.5) is 5.69 Å². The van der Waals surface area contributed by atoms with E-state index >= 15 is 0 Å². The predicted octanol–water partition coefficient (Wildman–Crippen LogP) is 0.996. The molecule has 4 nitrogen and oxygen atoms in total. The van der Waals surface area contributed by atoms with Gasteiger partial charge in [0, 0.05) is 11.3 Å². The minimum atomic E-state index is -0.958. The summed E-state index contributed by atoms with van der Waals surface area (Å²) in [5.74, 6) is -0.958. The van der Waals surface area contributed by atoms with Gasteiger partial charge in [-0.05, 0) is 12.1 Å². The number of nitrogens with one attached hydrogen (secondary N) is 1. The molecule has 0 spiro atoms. The Morgan fingerprint density at radius 2 is 2.15 bits per heavy atom. The quantitative estimate of drug-likeness (QED) is 0.676. The van der Waals surface area contributed by atoms with Gasteiger partial charge in [0.1, 0.15) is 6.54 Å². The number of carboxylic acids is 1. The molecule has 0 aliphatic rings. The Bertz CT molecular complexity index is 322. The average molecular weight is 179 g/mol. The molecular formula is C9H9NO3. The van der Waals surface area contributed by atoms with Crippen LogP contribution in [0.1, 0.15) is 10.4 Å². The molecule has 0 atom stereocenters. The fourth-order valence-corrected chi connectivity index (χ4v) is 0.932. The highest BCUT2D eigenvalue weighted by Crippen LogP contribution is 2.11. The number of benzene rings is 1. The second-order valence-corrected chi connectivity index (χ2v) is 2.45. The van der Waals surface area contributed by atoms with Gasteiger partial charge in [0.05, 0.1) is 0 Å². The summed E-state index contributed by atoms with van der Waals surface area (Å²) >= 11 is 0. The summed E-state index contributed by atoms with van der Waals surface area (Å²) in [6.07, 6.45) is 0.685. The number of aliphatic carboxylic acids is 1. The molecule has 0 bridgehead atoms. The number of anilines is 1.